The van der Waals surface area contributed by atoms with Crippen LogP contribution in [0.15, 0.2) is 0 Å². The van der Waals surface area contributed by atoms with E-state index in [2.05, 4.69) is 34.6 Å². The highest BCUT2D eigenvalue weighted by molar-refractivity contribution is 4.94. The maximum absolute atomic E-state index is 2.45. The van der Waals surface area contributed by atoms with Gasteiger partial charge in [-0.1, -0.05) is 47.5 Å². The Balaban J connectivity index is 2.31. The largest absolute Gasteiger partial charge is 0.0654 e. The fourth-order valence-corrected chi connectivity index (χ4v) is 2.77. The molecule has 1 aliphatic carbocycles. The fourth-order valence-electron chi connectivity index (χ4n) is 2.77. The second-order valence-corrected chi connectivity index (χ2v) is 5.78. The standard InChI is InChI=1S/C13H26/c1-6-7-10(2)8-12-9-11(3)13(12,4)5/h10-12H,6-9H2,1-5H3. The van der Waals surface area contributed by atoms with Gasteiger partial charge in [0.2, 0.25) is 0 Å². The summed E-state index contributed by atoms with van der Waals surface area (Å²) >= 11 is 0. The van der Waals surface area contributed by atoms with Crippen molar-refractivity contribution in [2.75, 3.05) is 0 Å². The minimum Gasteiger partial charge on any atom is -0.0654 e. The third-order valence-corrected chi connectivity index (χ3v) is 4.43. The summed E-state index contributed by atoms with van der Waals surface area (Å²) in [5.74, 6) is 2.90. The molecule has 1 saturated carbocycles. The summed E-state index contributed by atoms with van der Waals surface area (Å²) in [6.45, 7) is 12.0. The van der Waals surface area contributed by atoms with Gasteiger partial charge in [0.15, 0.2) is 0 Å². The van der Waals surface area contributed by atoms with Crippen LogP contribution in [-0.4, -0.2) is 0 Å². The van der Waals surface area contributed by atoms with Crippen molar-refractivity contribution >= 4 is 0 Å². The van der Waals surface area contributed by atoms with E-state index in [9.17, 15) is 0 Å². The molecule has 0 N–H and O–H groups in total. The summed E-state index contributed by atoms with van der Waals surface area (Å²) in [5, 5.41) is 0. The molecule has 0 bridgehead atoms. The Morgan fingerprint density at radius 1 is 1.38 bits per heavy atom. The quantitative estimate of drug-likeness (QED) is 0.600. The summed E-state index contributed by atoms with van der Waals surface area (Å²) < 4.78 is 0. The lowest BCUT2D eigenvalue weighted by Crippen LogP contribution is -2.43. The lowest BCUT2D eigenvalue weighted by molar-refractivity contribution is -0.0224. The second-order valence-electron chi connectivity index (χ2n) is 5.78. The molecule has 13 heavy (non-hydrogen) atoms. The summed E-state index contributed by atoms with van der Waals surface area (Å²) in [6, 6.07) is 0. The molecule has 0 aliphatic heterocycles. The van der Waals surface area contributed by atoms with Gasteiger partial charge in [-0.3, -0.25) is 0 Å². The molecule has 0 aromatic carbocycles. The third kappa shape index (κ3) is 2.27. The van der Waals surface area contributed by atoms with Crippen LogP contribution < -0.4 is 0 Å². The molecule has 0 radical (unpaired) electrons. The van der Waals surface area contributed by atoms with Crippen LogP contribution in [0, 0.1) is 23.2 Å². The maximum Gasteiger partial charge on any atom is -0.0300 e. The molecule has 0 saturated heterocycles. The first kappa shape index (κ1) is 11.1. The Bertz CT molecular complexity index is 157. The second kappa shape index (κ2) is 4.02. The normalized spacial score (nSPS) is 33.9. The molecular formula is C13H26. The zero-order valence-corrected chi connectivity index (χ0v) is 10.1. The summed E-state index contributed by atoms with van der Waals surface area (Å²) in [7, 11) is 0. The Kier molecular flexibility index (Phi) is 3.43. The summed E-state index contributed by atoms with van der Waals surface area (Å²) in [5.41, 5.74) is 0.627. The van der Waals surface area contributed by atoms with Crippen LogP contribution >= 0.6 is 0 Å². The Morgan fingerprint density at radius 3 is 2.38 bits per heavy atom. The molecule has 1 aliphatic rings. The van der Waals surface area contributed by atoms with Crippen molar-refractivity contribution < 1.29 is 0 Å². The van der Waals surface area contributed by atoms with Gasteiger partial charge >= 0.3 is 0 Å². The van der Waals surface area contributed by atoms with Crippen LogP contribution in [0.25, 0.3) is 0 Å². The predicted molar refractivity (Wildman–Crippen MR) is 59.7 cm³/mol. The van der Waals surface area contributed by atoms with Gasteiger partial charge in [-0.05, 0) is 36.0 Å². The van der Waals surface area contributed by atoms with E-state index in [0.717, 1.165) is 17.8 Å². The molecule has 0 aromatic heterocycles. The van der Waals surface area contributed by atoms with Crippen molar-refractivity contribution in [2.45, 2.75) is 60.3 Å². The van der Waals surface area contributed by atoms with E-state index in [1.54, 1.807) is 0 Å². The maximum atomic E-state index is 2.45. The van der Waals surface area contributed by atoms with Crippen LogP contribution in [0.3, 0.4) is 0 Å². The Labute approximate surface area is 84.1 Å². The minimum absolute atomic E-state index is 0.627. The number of rotatable bonds is 4. The van der Waals surface area contributed by atoms with Crippen molar-refractivity contribution in [3.05, 3.63) is 0 Å². The van der Waals surface area contributed by atoms with Gasteiger partial charge in [0, 0.05) is 0 Å². The summed E-state index contributed by atoms with van der Waals surface area (Å²) in [4.78, 5) is 0. The van der Waals surface area contributed by atoms with Crippen molar-refractivity contribution in [1.29, 1.82) is 0 Å². The first-order valence-corrected chi connectivity index (χ1v) is 5.98. The molecule has 0 nitrogen and oxygen atoms in total. The molecule has 0 amide bonds. The highest BCUT2D eigenvalue weighted by atomic mass is 14.5. The molecular weight excluding hydrogens is 156 g/mol. The first-order valence-electron chi connectivity index (χ1n) is 5.98. The predicted octanol–water partition coefficient (Wildman–Crippen LogP) is 4.49. The Morgan fingerprint density at radius 2 is 2.00 bits per heavy atom. The number of hydrogen-bond acceptors (Lipinski definition) is 0. The molecule has 0 aromatic rings. The van der Waals surface area contributed by atoms with E-state index in [0.29, 0.717) is 5.41 Å². The van der Waals surface area contributed by atoms with E-state index in [1.165, 1.54) is 25.7 Å². The highest BCUT2D eigenvalue weighted by Crippen LogP contribution is 2.53. The van der Waals surface area contributed by atoms with Gasteiger partial charge in [-0.25, -0.2) is 0 Å². The Hall–Kier alpha value is 0. The zero-order valence-electron chi connectivity index (χ0n) is 10.1. The lowest BCUT2D eigenvalue weighted by atomic mass is 9.53. The molecule has 0 spiro atoms. The van der Waals surface area contributed by atoms with Gasteiger partial charge < -0.3 is 0 Å². The molecule has 0 heterocycles. The highest BCUT2D eigenvalue weighted by Gasteiger charge is 2.44. The van der Waals surface area contributed by atoms with Crippen molar-refractivity contribution in [1.82, 2.24) is 0 Å². The molecule has 3 unspecified atom stereocenters. The van der Waals surface area contributed by atoms with E-state index in [-0.39, 0.29) is 0 Å². The average Bonchev–Trinajstić information content (AvgIpc) is 2.04. The zero-order chi connectivity index (χ0) is 10.1. The van der Waals surface area contributed by atoms with Gasteiger partial charge in [0.25, 0.3) is 0 Å². The van der Waals surface area contributed by atoms with Crippen LogP contribution in [-0.2, 0) is 0 Å². The fraction of sp³-hybridized carbons (Fsp3) is 1.00. The van der Waals surface area contributed by atoms with Gasteiger partial charge in [-0.2, -0.15) is 0 Å². The monoisotopic (exact) mass is 182 g/mol. The molecule has 0 heteroatoms. The third-order valence-electron chi connectivity index (χ3n) is 4.43. The molecule has 3 atom stereocenters. The van der Waals surface area contributed by atoms with Gasteiger partial charge in [0.1, 0.15) is 0 Å². The summed E-state index contributed by atoms with van der Waals surface area (Å²) in [6.07, 6.45) is 5.71. The lowest BCUT2D eigenvalue weighted by Gasteiger charge is -2.52. The van der Waals surface area contributed by atoms with Crippen LogP contribution in [0.1, 0.15) is 60.3 Å². The molecule has 1 fully saturated rings. The minimum atomic E-state index is 0.627. The van der Waals surface area contributed by atoms with Crippen molar-refractivity contribution in [3.8, 4) is 0 Å². The SMILES string of the molecule is CCCC(C)CC1CC(C)C1(C)C. The topological polar surface area (TPSA) is 0 Å². The van der Waals surface area contributed by atoms with Crippen LogP contribution in [0.2, 0.25) is 0 Å². The number of hydrogen-bond donors (Lipinski definition) is 0. The van der Waals surface area contributed by atoms with Crippen LogP contribution in [0.4, 0.5) is 0 Å². The van der Waals surface area contributed by atoms with Crippen molar-refractivity contribution in [2.24, 2.45) is 23.2 Å². The molecule has 78 valence electrons. The first-order chi connectivity index (χ1) is 5.98. The molecule has 1 rings (SSSR count). The van der Waals surface area contributed by atoms with E-state index < -0.39 is 0 Å². The van der Waals surface area contributed by atoms with E-state index in [4.69, 9.17) is 0 Å². The van der Waals surface area contributed by atoms with Gasteiger partial charge in [0.05, 0.1) is 0 Å². The van der Waals surface area contributed by atoms with E-state index in [1.807, 2.05) is 0 Å². The average molecular weight is 182 g/mol. The smallest absolute Gasteiger partial charge is 0.0300 e. The van der Waals surface area contributed by atoms with Gasteiger partial charge in [-0.15, -0.1) is 0 Å². The van der Waals surface area contributed by atoms with Crippen LogP contribution in [0.5, 0.6) is 0 Å². The van der Waals surface area contributed by atoms with E-state index >= 15 is 0 Å². The van der Waals surface area contributed by atoms with Crippen molar-refractivity contribution in [3.63, 3.8) is 0 Å².